The Kier molecular flexibility index (Phi) is 5.30. The van der Waals surface area contributed by atoms with Crippen molar-refractivity contribution in [3.05, 3.63) is 0 Å². The molecule has 2 heteroatoms. The Bertz CT molecular complexity index is 209. The molecular weight excluding hydrogens is 210 g/mol. The maximum absolute atomic E-state index is 10.2. The summed E-state index contributed by atoms with van der Waals surface area (Å²) in [6, 6.07) is 0.805. The minimum atomic E-state index is -0.0736. The number of nitrogens with zero attached hydrogens (tertiary/aromatic N) is 1. The fraction of sp³-hybridized carbons (Fsp3) is 1.00. The van der Waals surface area contributed by atoms with Gasteiger partial charge in [-0.15, -0.1) is 0 Å². The molecule has 2 aliphatic rings. The Labute approximate surface area is 106 Å². The predicted octanol–water partition coefficient (Wildman–Crippen LogP) is 3.19. The lowest BCUT2D eigenvalue weighted by Gasteiger charge is -2.26. The van der Waals surface area contributed by atoms with Crippen molar-refractivity contribution in [2.24, 2.45) is 5.92 Å². The Hall–Kier alpha value is -0.0800. The molecule has 0 saturated heterocycles. The van der Waals surface area contributed by atoms with E-state index < -0.39 is 0 Å². The van der Waals surface area contributed by atoms with E-state index in [9.17, 15) is 5.11 Å². The Morgan fingerprint density at radius 1 is 1.18 bits per heavy atom. The van der Waals surface area contributed by atoms with Gasteiger partial charge in [-0.25, -0.2) is 0 Å². The first-order chi connectivity index (χ1) is 8.29. The molecule has 17 heavy (non-hydrogen) atoms. The van der Waals surface area contributed by atoms with Gasteiger partial charge in [0.15, 0.2) is 0 Å². The molecule has 0 spiro atoms. The Balaban J connectivity index is 1.68. The molecule has 0 aromatic heterocycles. The zero-order chi connectivity index (χ0) is 12.1. The molecule has 2 nitrogen and oxygen atoms in total. The zero-order valence-corrected chi connectivity index (χ0v) is 11.4. The minimum absolute atomic E-state index is 0.0736. The summed E-state index contributed by atoms with van der Waals surface area (Å²) in [6.45, 7) is 4.38. The molecule has 1 unspecified atom stereocenters. The lowest BCUT2D eigenvalue weighted by Crippen LogP contribution is -2.35. The molecule has 1 atom stereocenters. The Morgan fingerprint density at radius 3 is 2.47 bits per heavy atom. The number of unbranched alkanes of at least 4 members (excludes halogenated alkanes) is 1. The fourth-order valence-electron chi connectivity index (χ4n) is 3.20. The molecular formula is C15H29NO. The lowest BCUT2D eigenvalue weighted by molar-refractivity contribution is 0.0868. The van der Waals surface area contributed by atoms with E-state index in [0.717, 1.165) is 24.9 Å². The quantitative estimate of drug-likeness (QED) is 0.703. The van der Waals surface area contributed by atoms with Gasteiger partial charge in [0.05, 0.1) is 6.10 Å². The SMILES string of the molecule is CCCCN(CC(O)CC1CCCC1)C1CC1. The normalized spacial score (nSPS) is 23.5. The summed E-state index contributed by atoms with van der Waals surface area (Å²) >= 11 is 0. The molecule has 2 aliphatic carbocycles. The third kappa shape index (κ3) is 4.59. The second-order valence-electron chi connectivity index (χ2n) is 6.12. The van der Waals surface area contributed by atoms with Gasteiger partial charge in [-0.2, -0.15) is 0 Å². The molecule has 2 fully saturated rings. The van der Waals surface area contributed by atoms with E-state index in [1.165, 1.54) is 57.9 Å². The number of hydrogen-bond donors (Lipinski definition) is 1. The van der Waals surface area contributed by atoms with Crippen molar-refractivity contribution in [1.82, 2.24) is 4.90 Å². The third-order valence-corrected chi connectivity index (χ3v) is 4.39. The molecule has 2 rings (SSSR count). The molecule has 0 aromatic rings. The van der Waals surface area contributed by atoms with Gasteiger partial charge >= 0.3 is 0 Å². The van der Waals surface area contributed by atoms with Crippen molar-refractivity contribution >= 4 is 0 Å². The van der Waals surface area contributed by atoms with E-state index in [1.807, 2.05) is 0 Å². The topological polar surface area (TPSA) is 23.5 Å². The van der Waals surface area contributed by atoms with Crippen molar-refractivity contribution in [3.63, 3.8) is 0 Å². The van der Waals surface area contributed by atoms with Crippen LogP contribution in [0, 0.1) is 5.92 Å². The van der Waals surface area contributed by atoms with Crippen LogP contribution in [-0.4, -0.2) is 35.2 Å². The van der Waals surface area contributed by atoms with E-state index in [0.29, 0.717) is 0 Å². The predicted molar refractivity (Wildman–Crippen MR) is 72.1 cm³/mol. The van der Waals surface area contributed by atoms with Gasteiger partial charge < -0.3 is 5.11 Å². The summed E-state index contributed by atoms with van der Waals surface area (Å²) in [4.78, 5) is 2.54. The van der Waals surface area contributed by atoms with E-state index >= 15 is 0 Å². The molecule has 0 bridgehead atoms. The zero-order valence-electron chi connectivity index (χ0n) is 11.4. The smallest absolute Gasteiger partial charge is 0.0669 e. The number of aliphatic hydroxyl groups is 1. The summed E-state index contributed by atoms with van der Waals surface area (Å²) in [5, 5.41) is 10.2. The van der Waals surface area contributed by atoms with E-state index in [1.54, 1.807) is 0 Å². The van der Waals surface area contributed by atoms with Crippen molar-refractivity contribution in [2.75, 3.05) is 13.1 Å². The van der Waals surface area contributed by atoms with Crippen molar-refractivity contribution in [3.8, 4) is 0 Å². The van der Waals surface area contributed by atoms with Crippen LogP contribution >= 0.6 is 0 Å². The van der Waals surface area contributed by atoms with Crippen LogP contribution in [0.1, 0.15) is 64.7 Å². The third-order valence-electron chi connectivity index (χ3n) is 4.39. The highest BCUT2D eigenvalue weighted by Gasteiger charge is 2.30. The van der Waals surface area contributed by atoms with E-state index in [2.05, 4.69) is 11.8 Å². The van der Waals surface area contributed by atoms with Gasteiger partial charge in [0, 0.05) is 12.6 Å². The molecule has 0 heterocycles. The first-order valence-electron chi connectivity index (χ1n) is 7.71. The second kappa shape index (κ2) is 6.75. The van der Waals surface area contributed by atoms with Crippen molar-refractivity contribution in [2.45, 2.75) is 76.9 Å². The highest BCUT2D eigenvalue weighted by atomic mass is 16.3. The van der Waals surface area contributed by atoms with E-state index in [-0.39, 0.29) is 6.10 Å². The van der Waals surface area contributed by atoms with Crippen LogP contribution in [0.15, 0.2) is 0 Å². The van der Waals surface area contributed by atoms with Crippen LogP contribution in [0.5, 0.6) is 0 Å². The Morgan fingerprint density at radius 2 is 1.88 bits per heavy atom. The van der Waals surface area contributed by atoms with Crippen LogP contribution < -0.4 is 0 Å². The molecule has 1 N–H and O–H groups in total. The van der Waals surface area contributed by atoms with Crippen LogP contribution in [0.25, 0.3) is 0 Å². The highest BCUT2D eigenvalue weighted by Crippen LogP contribution is 2.31. The molecule has 2 saturated carbocycles. The molecule has 100 valence electrons. The maximum Gasteiger partial charge on any atom is 0.0669 e. The number of rotatable bonds is 8. The van der Waals surface area contributed by atoms with Crippen LogP contribution in [0.3, 0.4) is 0 Å². The first-order valence-corrected chi connectivity index (χ1v) is 7.71. The average molecular weight is 239 g/mol. The minimum Gasteiger partial charge on any atom is -0.392 e. The lowest BCUT2D eigenvalue weighted by atomic mass is 10.00. The summed E-state index contributed by atoms with van der Waals surface area (Å²) in [6.07, 6.45) is 11.7. The largest absolute Gasteiger partial charge is 0.392 e. The standard InChI is InChI=1S/C15H29NO/c1-2-3-10-16(14-8-9-14)12-15(17)11-13-6-4-5-7-13/h13-15,17H,2-12H2,1H3. The van der Waals surface area contributed by atoms with Gasteiger partial charge in [-0.05, 0) is 38.1 Å². The van der Waals surface area contributed by atoms with Crippen molar-refractivity contribution < 1.29 is 5.11 Å². The summed E-state index contributed by atoms with van der Waals surface area (Å²) in [7, 11) is 0. The van der Waals surface area contributed by atoms with Crippen LogP contribution in [0.4, 0.5) is 0 Å². The van der Waals surface area contributed by atoms with Gasteiger partial charge in [-0.1, -0.05) is 39.0 Å². The molecule has 0 amide bonds. The summed E-state index contributed by atoms with van der Waals surface area (Å²) < 4.78 is 0. The first kappa shape index (κ1) is 13.4. The van der Waals surface area contributed by atoms with Gasteiger partial charge in [0.25, 0.3) is 0 Å². The van der Waals surface area contributed by atoms with Crippen LogP contribution in [-0.2, 0) is 0 Å². The monoisotopic (exact) mass is 239 g/mol. The van der Waals surface area contributed by atoms with Gasteiger partial charge in [0.1, 0.15) is 0 Å². The fourth-order valence-corrected chi connectivity index (χ4v) is 3.20. The maximum atomic E-state index is 10.2. The second-order valence-corrected chi connectivity index (χ2v) is 6.12. The number of hydrogen-bond acceptors (Lipinski definition) is 2. The summed E-state index contributed by atoms with van der Waals surface area (Å²) in [5.74, 6) is 0.817. The molecule has 0 aromatic carbocycles. The van der Waals surface area contributed by atoms with Crippen molar-refractivity contribution in [1.29, 1.82) is 0 Å². The van der Waals surface area contributed by atoms with Gasteiger partial charge in [-0.3, -0.25) is 4.90 Å². The molecule has 0 radical (unpaired) electrons. The summed E-state index contributed by atoms with van der Waals surface area (Å²) in [5.41, 5.74) is 0. The average Bonchev–Trinajstić information content (AvgIpc) is 3.04. The van der Waals surface area contributed by atoms with Crippen LogP contribution in [0.2, 0.25) is 0 Å². The number of aliphatic hydroxyl groups excluding tert-OH is 1. The van der Waals surface area contributed by atoms with Gasteiger partial charge in [0.2, 0.25) is 0 Å². The van der Waals surface area contributed by atoms with E-state index in [4.69, 9.17) is 0 Å². The highest BCUT2D eigenvalue weighted by molar-refractivity contribution is 4.86. The molecule has 0 aliphatic heterocycles.